The Morgan fingerprint density at radius 2 is 2.11 bits per heavy atom. The van der Waals surface area contributed by atoms with Crippen molar-refractivity contribution in [1.82, 2.24) is 0 Å². The van der Waals surface area contributed by atoms with Gasteiger partial charge in [0.1, 0.15) is 18.2 Å². The minimum atomic E-state index is -0.874. The van der Waals surface area contributed by atoms with Crippen LogP contribution >= 0.6 is 0 Å². The van der Waals surface area contributed by atoms with Crippen LogP contribution in [0.2, 0.25) is 0 Å². The maximum atomic E-state index is 13.6. The smallest absolute Gasteiger partial charge is 0.314 e. The normalized spacial score (nSPS) is 12.9. The number of halogens is 1. The maximum absolute atomic E-state index is 13.6. The van der Waals surface area contributed by atoms with E-state index in [0.29, 0.717) is 5.75 Å². The number of esters is 1. The second-order valence-corrected chi connectivity index (χ2v) is 5.02. The molecule has 1 N–H and O–H groups in total. The monoisotopic (exact) mass is 270 g/mol. The lowest BCUT2D eigenvalue weighted by molar-refractivity contribution is -0.152. The Morgan fingerprint density at radius 3 is 2.58 bits per heavy atom. The van der Waals surface area contributed by atoms with E-state index in [1.807, 2.05) is 0 Å². The first-order valence-corrected chi connectivity index (χ1v) is 5.96. The highest BCUT2D eigenvalue weighted by atomic mass is 19.1. The van der Waals surface area contributed by atoms with Crippen LogP contribution in [0.3, 0.4) is 0 Å². The molecule has 5 heteroatoms. The van der Waals surface area contributed by atoms with Gasteiger partial charge < -0.3 is 14.6 Å². The molecule has 4 nitrogen and oxygen atoms in total. The second kappa shape index (κ2) is 6.02. The van der Waals surface area contributed by atoms with Crippen molar-refractivity contribution < 1.29 is 23.8 Å². The number of rotatable bonds is 5. The van der Waals surface area contributed by atoms with Crippen LogP contribution in [0.5, 0.6) is 5.75 Å². The Labute approximate surface area is 112 Å². The van der Waals surface area contributed by atoms with Crippen molar-refractivity contribution in [2.24, 2.45) is 5.41 Å². The van der Waals surface area contributed by atoms with Gasteiger partial charge in [0.2, 0.25) is 0 Å². The minimum Gasteiger partial charge on any atom is -0.492 e. The Bertz CT molecular complexity index is 455. The average molecular weight is 270 g/mol. The molecule has 1 unspecified atom stereocenters. The zero-order valence-electron chi connectivity index (χ0n) is 11.6. The summed E-state index contributed by atoms with van der Waals surface area (Å²) in [7, 11) is 1.31. The molecule has 0 aliphatic heterocycles. The van der Waals surface area contributed by atoms with Gasteiger partial charge in [-0.25, -0.2) is 4.39 Å². The summed E-state index contributed by atoms with van der Waals surface area (Å²) in [6.07, 6.45) is -0.874. The Balaban J connectivity index is 2.74. The molecule has 1 aromatic rings. The molecule has 0 heterocycles. The lowest BCUT2D eigenvalue weighted by atomic mass is 9.95. The second-order valence-electron chi connectivity index (χ2n) is 5.02. The molecule has 0 fully saturated rings. The topological polar surface area (TPSA) is 55.8 Å². The molecule has 0 aliphatic rings. The van der Waals surface area contributed by atoms with Crippen LogP contribution in [-0.4, -0.2) is 24.8 Å². The first kappa shape index (κ1) is 15.4. The third kappa shape index (κ3) is 3.92. The molecule has 1 rings (SSSR count). The fourth-order valence-corrected chi connectivity index (χ4v) is 1.54. The number of hydrogen-bond acceptors (Lipinski definition) is 4. The van der Waals surface area contributed by atoms with E-state index in [9.17, 15) is 14.3 Å². The Morgan fingerprint density at radius 1 is 1.47 bits per heavy atom. The van der Waals surface area contributed by atoms with Crippen LogP contribution in [-0.2, 0) is 9.53 Å². The molecule has 1 aromatic carbocycles. The van der Waals surface area contributed by atoms with E-state index in [0.717, 1.165) is 0 Å². The molecule has 1 atom stereocenters. The highest BCUT2D eigenvalue weighted by molar-refractivity contribution is 5.75. The van der Waals surface area contributed by atoms with Crippen LogP contribution in [0.15, 0.2) is 18.2 Å². The van der Waals surface area contributed by atoms with Crippen molar-refractivity contribution in [3.05, 3.63) is 29.6 Å². The van der Waals surface area contributed by atoms with Crippen LogP contribution < -0.4 is 4.74 Å². The molecule has 0 saturated heterocycles. The van der Waals surface area contributed by atoms with Gasteiger partial charge in [-0.05, 0) is 32.9 Å². The quantitative estimate of drug-likeness (QED) is 0.835. The molecule has 0 aliphatic carbocycles. The zero-order chi connectivity index (χ0) is 14.6. The van der Waals surface area contributed by atoms with Gasteiger partial charge in [-0.1, -0.05) is 0 Å². The number of benzene rings is 1. The molecule has 0 amide bonds. The van der Waals surface area contributed by atoms with E-state index in [-0.39, 0.29) is 12.2 Å². The lowest BCUT2D eigenvalue weighted by Gasteiger charge is -2.21. The molecule has 0 bridgehead atoms. The number of aliphatic hydroxyl groups is 1. The summed E-state index contributed by atoms with van der Waals surface area (Å²) in [6, 6.07) is 4.20. The summed E-state index contributed by atoms with van der Waals surface area (Å²) >= 11 is 0. The van der Waals surface area contributed by atoms with Crippen LogP contribution in [0.1, 0.15) is 32.4 Å². The Hall–Kier alpha value is -1.62. The Kier molecular flexibility index (Phi) is 4.89. The van der Waals surface area contributed by atoms with Gasteiger partial charge in [0.15, 0.2) is 0 Å². The highest BCUT2D eigenvalue weighted by Crippen LogP contribution is 2.24. The zero-order valence-corrected chi connectivity index (χ0v) is 11.6. The lowest BCUT2D eigenvalue weighted by Crippen LogP contribution is -2.32. The first-order valence-electron chi connectivity index (χ1n) is 5.96. The number of methoxy groups -OCH3 is 1. The molecule has 0 radical (unpaired) electrons. The molecule has 0 spiro atoms. The SMILES string of the molecule is COC(=O)C(C)(C)COc1ccc(C(C)O)c(F)c1. The number of aliphatic hydroxyl groups excluding tert-OH is 1. The van der Waals surface area contributed by atoms with Crippen LogP contribution in [0.4, 0.5) is 4.39 Å². The van der Waals surface area contributed by atoms with E-state index in [1.165, 1.54) is 26.2 Å². The van der Waals surface area contributed by atoms with Crippen molar-refractivity contribution in [3.63, 3.8) is 0 Å². The fourth-order valence-electron chi connectivity index (χ4n) is 1.54. The van der Waals surface area contributed by atoms with E-state index >= 15 is 0 Å². The number of ether oxygens (including phenoxy) is 2. The molecule has 19 heavy (non-hydrogen) atoms. The predicted molar refractivity (Wildman–Crippen MR) is 68.3 cm³/mol. The van der Waals surface area contributed by atoms with Gasteiger partial charge in [-0.3, -0.25) is 4.79 Å². The molecule has 0 saturated carbocycles. The van der Waals surface area contributed by atoms with E-state index in [1.54, 1.807) is 19.9 Å². The van der Waals surface area contributed by atoms with Crippen molar-refractivity contribution in [2.45, 2.75) is 26.9 Å². The summed E-state index contributed by atoms with van der Waals surface area (Å²) in [6.45, 7) is 4.92. The van der Waals surface area contributed by atoms with Gasteiger partial charge in [-0.15, -0.1) is 0 Å². The van der Waals surface area contributed by atoms with Gasteiger partial charge in [-0.2, -0.15) is 0 Å². The summed E-state index contributed by atoms with van der Waals surface area (Å²) in [5.74, 6) is -0.629. The van der Waals surface area contributed by atoms with Crippen molar-refractivity contribution >= 4 is 5.97 Å². The maximum Gasteiger partial charge on any atom is 0.314 e. The standard InChI is InChI=1S/C14H19FO4/c1-9(16)11-6-5-10(7-12(11)15)19-8-14(2,3)13(17)18-4/h5-7,9,16H,8H2,1-4H3. The van der Waals surface area contributed by atoms with Gasteiger partial charge in [0, 0.05) is 11.6 Å². The van der Waals surface area contributed by atoms with Gasteiger partial charge in [0.05, 0.1) is 18.6 Å². The third-order valence-corrected chi connectivity index (χ3v) is 2.76. The summed E-state index contributed by atoms with van der Waals surface area (Å²) in [5, 5.41) is 9.32. The first-order chi connectivity index (χ1) is 8.77. The minimum absolute atomic E-state index is 0.0765. The van der Waals surface area contributed by atoms with E-state index in [4.69, 9.17) is 4.74 Å². The summed E-state index contributed by atoms with van der Waals surface area (Å²) in [5.41, 5.74) is -0.603. The predicted octanol–water partition coefficient (Wildman–Crippen LogP) is 2.46. The fraction of sp³-hybridized carbons (Fsp3) is 0.500. The number of carbonyl (C=O) groups excluding carboxylic acids is 1. The average Bonchev–Trinajstić information content (AvgIpc) is 2.35. The van der Waals surface area contributed by atoms with Crippen molar-refractivity contribution in [2.75, 3.05) is 13.7 Å². The largest absolute Gasteiger partial charge is 0.492 e. The van der Waals surface area contributed by atoms with Crippen molar-refractivity contribution in [1.29, 1.82) is 0 Å². The molecule has 0 aromatic heterocycles. The van der Waals surface area contributed by atoms with Crippen LogP contribution in [0, 0.1) is 11.2 Å². The molecular weight excluding hydrogens is 251 g/mol. The van der Waals surface area contributed by atoms with Gasteiger partial charge >= 0.3 is 5.97 Å². The van der Waals surface area contributed by atoms with Crippen LogP contribution in [0.25, 0.3) is 0 Å². The van der Waals surface area contributed by atoms with E-state index in [2.05, 4.69) is 4.74 Å². The molecule has 106 valence electrons. The van der Waals surface area contributed by atoms with Crippen molar-refractivity contribution in [3.8, 4) is 5.75 Å². The summed E-state index contributed by atoms with van der Waals surface area (Å²) < 4.78 is 23.7. The van der Waals surface area contributed by atoms with E-state index < -0.39 is 23.3 Å². The van der Waals surface area contributed by atoms with Gasteiger partial charge in [0.25, 0.3) is 0 Å². The number of carbonyl (C=O) groups is 1. The summed E-state index contributed by atoms with van der Waals surface area (Å²) in [4.78, 5) is 11.5. The molecular formula is C14H19FO4. The number of hydrogen-bond donors (Lipinski definition) is 1. The highest BCUT2D eigenvalue weighted by Gasteiger charge is 2.29. The third-order valence-electron chi connectivity index (χ3n) is 2.76.